The number of aryl methyl sites for hydroxylation is 2. The Morgan fingerprint density at radius 2 is 1.60 bits per heavy atom. The number of aliphatic imine (C=N–C) groups is 1. The van der Waals surface area contributed by atoms with Crippen molar-refractivity contribution in [3.8, 4) is 5.75 Å². The van der Waals surface area contributed by atoms with Gasteiger partial charge in [-0.25, -0.2) is 14.8 Å². The number of hydrogen-bond donors (Lipinski definition) is 0. The normalized spacial score (nSPS) is 11.0. The minimum absolute atomic E-state index is 0.129. The summed E-state index contributed by atoms with van der Waals surface area (Å²) in [4.78, 5) is 22.9. The van der Waals surface area contributed by atoms with Crippen LogP contribution in [0.15, 0.2) is 71.7 Å². The predicted octanol–water partition coefficient (Wildman–Crippen LogP) is 6.27. The lowest BCUT2D eigenvalue weighted by Gasteiger charge is -2.12. The summed E-state index contributed by atoms with van der Waals surface area (Å²) in [7, 11) is 1.82. The minimum atomic E-state index is -0.430. The molecule has 0 fully saturated rings. The number of carbonyl (C=O) groups is 1. The van der Waals surface area contributed by atoms with Crippen molar-refractivity contribution in [2.45, 2.75) is 40.2 Å². The standard InChI is InChI=1S/C29H31N3O3/c1-6-23-24(30-25(20-14-10-8-11-15-20)21-16-12-9-13-17-21)18-22-27(35-19(3)4)26(29(33)34-7-2)32(5)28(22)31-23/h8-19H,6-7H2,1-5H3. The summed E-state index contributed by atoms with van der Waals surface area (Å²) in [5, 5.41) is 0.737. The van der Waals surface area contributed by atoms with Crippen molar-refractivity contribution in [3.63, 3.8) is 0 Å². The van der Waals surface area contributed by atoms with Crippen LogP contribution in [0.1, 0.15) is 55.0 Å². The van der Waals surface area contributed by atoms with Gasteiger partial charge in [0.25, 0.3) is 0 Å². The van der Waals surface area contributed by atoms with Crippen LogP contribution in [0.5, 0.6) is 5.75 Å². The molecule has 180 valence electrons. The molecule has 0 amide bonds. The molecule has 6 nitrogen and oxygen atoms in total. The van der Waals surface area contributed by atoms with Gasteiger partial charge in [0.05, 0.1) is 35.2 Å². The molecule has 0 N–H and O–H groups in total. The molecule has 4 aromatic rings. The van der Waals surface area contributed by atoms with Gasteiger partial charge in [0.1, 0.15) is 5.65 Å². The van der Waals surface area contributed by atoms with E-state index in [1.165, 1.54) is 0 Å². The molecule has 2 aromatic heterocycles. The maximum absolute atomic E-state index is 12.8. The summed E-state index contributed by atoms with van der Waals surface area (Å²) in [6, 6.07) is 22.2. The zero-order valence-electron chi connectivity index (χ0n) is 20.9. The van der Waals surface area contributed by atoms with E-state index in [4.69, 9.17) is 19.5 Å². The highest BCUT2D eigenvalue weighted by atomic mass is 16.5. The van der Waals surface area contributed by atoms with E-state index >= 15 is 0 Å². The van der Waals surface area contributed by atoms with Gasteiger partial charge >= 0.3 is 5.97 Å². The van der Waals surface area contributed by atoms with E-state index in [1.807, 2.05) is 63.4 Å². The lowest BCUT2D eigenvalue weighted by molar-refractivity contribution is 0.0509. The second-order valence-electron chi connectivity index (χ2n) is 8.50. The largest absolute Gasteiger partial charge is 0.488 e. The number of nitrogens with zero attached hydrogens (tertiary/aromatic N) is 3. The Morgan fingerprint density at radius 3 is 2.11 bits per heavy atom. The molecule has 0 aliphatic heterocycles. The molecule has 2 aromatic carbocycles. The fourth-order valence-electron chi connectivity index (χ4n) is 4.09. The van der Waals surface area contributed by atoms with Crippen LogP contribution in [0.25, 0.3) is 11.0 Å². The molecule has 0 spiro atoms. The number of ether oxygens (including phenoxy) is 2. The highest BCUT2D eigenvalue weighted by molar-refractivity contribution is 6.14. The second kappa shape index (κ2) is 10.6. The number of fused-ring (bicyclic) bond motifs is 1. The second-order valence-corrected chi connectivity index (χ2v) is 8.50. The third kappa shape index (κ3) is 4.97. The Morgan fingerprint density at radius 1 is 1.00 bits per heavy atom. The highest BCUT2D eigenvalue weighted by Gasteiger charge is 2.26. The molecule has 0 saturated heterocycles. The van der Waals surface area contributed by atoms with Gasteiger partial charge in [-0.05, 0) is 33.3 Å². The zero-order chi connectivity index (χ0) is 24.9. The molecular weight excluding hydrogens is 438 g/mol. The monoisotopic (exact) mass is 469 g/mol. The lowest BCUT2D eigenvalue weighted by Crippen LogP contribution is -2.14. The molecule has 4 rings (SSSR count). The lowest BCUT2D eigenvalue weighted by atomic mass is 10.0. The molecule has 0 radical (unpaired) electrons. The van der Waals surface area contributed by atoms with E-state index in [0.717, 1.165) is 33.6 Å². The average Bonchev–Trinajstić information content (AvgIpc) is 3.13. The van der Waals surface area contributed by atoms with E-state index in [-0.39, 0.29) is 12.7 Å². The van der Waals surface area contributed by atoms with E-state index in [9.17, 15) is 4.79 Å². The fourth-order valence-corrected chi connectivity index (χ4v) is 4.09. The van der Waals surface area contributed by atoms with Gasteiger partial charge < -0.3 is 14.0 Å². The highest BCUT2D eigenvalue weighted by Crippen LogP contribution is 2.37. The van der Waals surface area contributed by atoms with Crippen molar-refractivity contribution in [2.24, 2.45) is 12.0 Å². The van der Waals surface area contributed by atoms with Crippen molar-refractivity contribution in [3.05, 3.63) is 89.2 Å². The molecule has 0 saturated carbocycles. The summed E-state index contributed by atoms with van der Waals surface area (Å²) < 4.78 is 13.2. The summed E-state index contributed by atoms with van der Waals surface area (Å²) in [5.41, 5.74) is 5.50. The van der Waals surface area contributed by atoms with Gasteiger partial charge in [-0.3, -0.25) is 0 Å². The number of aromatic nitrogens is 2. The van der Waals surface area contributed by atoms with Gasteiger partial charge in [0, 0.05) is 18.2 Å². The maximum Gasteiger partial charge on any atom is 0.358 e. The quantitative estimate of drug-likeness (QED) is 0.225. The molecule has 0 bridgehead atoms. The van der Waals surface area contributed by atoms with Crippen molar-refractivity contribution < 1.29 is 14.3 Å². The topological polar surface area (TPSA) is 65.7 Å². The van der Waals surface area contributed by atoms with Gasteiger partial charge in [-0.2, -0.15) is 0 Å². The van der Waals surface area contributed by atoms with Crippen molar-refractivity contribution >= 4 is 28.4 Å². The third-order valence-electron chi connectivity index (χ3n) is 5.66. The molecule has 0 unspecified atom stereocenters. The van der Waals surface area contributed by atoms with E-state index in [2.05, 4.69) is 31.2 Å². The molecule has 0 atom stereocenters. The fraction of sp³-hybridized carbons (Fsp3) is 0.276. The minimum Gasteiger partial charge on any atom is -0.488 e. The summed E-state index contributed by atoms with van der Waals surface area (Å²) >= 11 is 0. The van der Waals surface area contributed by atoms with Crippen molar-refractivity contribution in [1.29, 1.82) is 0 Å². The molecule has 0 aliphatic carbocycles. The predicted molar refractivity (Wildman–Crippen MR) is 140 cm³/mol. The van der Waals surface area contributed by atoms with Crippen LogP contribution in [0.3, 0.4) is 0 Å². The van der Waals surface area contributed by atoms with Crippen LogP contribution in [0, 0.1) is 0 Å². The average molecular weight is 470 g/mol. The summed E-state index contributed by atoms with van der Waals surface area (Å²) in [6.45, 7) is 7.99. The third-order valence-corrected chi connectivity index (χ3v) is 5.66. The van der Waals surface area contributed by atoms with Crippen LogP contribution in [0.2, 0.25) is 0 Å². The first-order valence-corrected chi connectivity index (χ1v) is 12.0. The first kappa shape index (κ1) is 24.2. The molecule has 6 heteroatoms. The van der Waals surface area contributed by atoms with Crippen LogP contribution in [-0.4, -0.2) is 33.9 Å². The van der Waals surface area contributed by atoms with Crippen LogP contribution in [-0.2, 0) is 18.2 Å². The molecular formula is C29H31N3O3. The van der Waals surface area contributed by atoms with Crippen LogP contribution >= 0.6 is 0 Å². The number of benzene rings is 2. The van der Waals surface area contributed by atoms with E-state index < -0.39 is 5.97 Å². The number of rotatable bonds is 8. The summed E-state index contributed by atoms with van der Waals surface area (Å²) in [5.74, 6) is 0.0459. The number of carbonyl (C=O) groups excluding carboxylic acids is 1. The SMILES string of the molecule is CCOC(=O)c1c(OC(C)C)c2cc(N=C(c3ccccc3)c3ccccc3)c(CC)nc2n1C. The molecule has 35 heavy (non-hydrogen) atoms. The summed E-state index contributed by atoms with van der Waals surface area (Å²) in [6.07, 6.45) is 0.558. The van der Waals surface area contributed by atoms with Crippen LogP contribution in [0.4, 0.5) is 5.69 Å². The number of hydrogen-bond acceptors (Lipinski definition) is 5. The van der Waals surface area contributed by atoms with Crippen molar-refractivity contribution in [1.82, 2.24) is 9.55 Å². The number of esters is 1. The van der Waals surface area contributed by atoms with E-state index in [0.29, 0.717) is 23.5 Å². The Bertz CT molecular complexity index is 1320. The molecule has 2 heterocycles. The smallest absolute Gasteiger partial charge is 0.358 e. The Kier molecular flexibility index (Phi) is 7.30. The zero-order valence-corrected chi connectivity index (χ0v) is 20.9. The number of pyridine rings is 1. The Hall–Kier alpha value is -3.93. The molecule has 0 aliphatic rings. The first-order chi connectivity index (χ1) is 16.9. The van der Waals surface area contributed by atoms with Gasteiger partial charge in [0.2, 0.25) is 0 Å². The van der Waals surface area contributed by atoms with Gasteiger partial charge in [-0.15, -0.1) is 0 Å². The van der Waals surface area contributed by atoms with Gasteiger partial charge in [0.15, 0.2) is 11.4 Å². The first-order valence-electron chi connectivity index (χ1n) is 12.0. The van der Waals surface area contributed by atoms with Gasteiger partial charge in [-0.1, -0.05) is 67.6 Å². The van der Waals surface area contributed by atoms with Crippen molar-refractivity contribution in [2.75, 3.05) is 6.61 Å². The Labute approximate surface area is 206 Å². The Balaban J connectivity index is 1.99. The van der Waals surface area contributed by atoms with Crippen LogP contribution < -0.4 is 4.74 Å². The maximum atomic E-state index is 12.8. The van der Waals surface area contributed by atoms with E-state index in [1.54, 1.807) is 11.5 Å².